The van der Waals surface area contributed by atoms with Crippen LogP contribution in [0, 0.1) is 11.8 Å². The summed E-state index contributed by atoms with van der Waals surface area (Å²) in [5.74, 6) is 0.877. The van der Waals surface area contributed by atoms with Gasteiger partial charge in [-0.2, -0.15) is 0 Å². The second-order valence-corrected chi connectivity index (χ2v) is 4.89. The SMILES string of the molecule is CC(C)C(C)(O)COCC1CCNC1. The average molecular weight is 201 g/mol. The first-order valence-electron chi connectivity index (χ1n) is 5.53. The van der Waals surface area contributed by atoms with Gasteiger partial charge in [0, 0.05) is 6.54 Å². The quantitative estimate of drug-likeness (QED) is 0.698. The van der Waals surface area contributed by atoms with Crippen molar-refractivity contribution in [2.24, 2.45) is 11.8 Å². The smallest absolute Gasteiger partial charge is 0.0874 e. The van der Waals surface area contributed by atoms with Gasteiger partial charge >= 0.3 is 0 Å². The van der Waals surface area contributed by atoms with E-state index >= 15 is 0 Å². The molecule has 3 heteroatoms. The maximum atomic E-state index is 9.93. The molecule has 0 aliphatic carbocycles. The fourth-order valence-electron chi connectivity index (χ4n) is 1.46. The molecule has 1 aliphatic rings. The van der Waals surface area contributed by atoms with E-state index in [0.29, 0.717) is 12.5 Å². The molecule has 1 heterocycles. The number of ether oxygens (including phenoxy) is 1. The third kappa shape index (κ3) is 3.56. The van der Waals surface area contributed by atoms with E-state index in [1.165, 1.54) is 6.42 Å². The van der Waals surface area contributed by atoms with Gasteiger partial charge in [-0.15, -0.1) is 0 Å². The van der Waals surface area contributed by atoms with Crippen molar-refractivity contribution in [3.05, 3.63) is 0 Å². The van der Waals surface area contributed by atoms with Gasteiger partial charge in [-0.25, -0.2) is 0 Å². The Hall–Kier alpha value is -0.120. The molecule has 0 radical (unpaired) electrons. The summed E-state index contributed by atoms with van der Waals surface area (Å²) >= 11 is 0. The molecule has 3 nitrogen and oxygen atoms in total. The Morgan fingerprint density at radius 2 is 2.29 bits per heavy atom. The molecular weight excluding hydrogens is 178 g/mol. The summed E-state index contributed by atoms with van der Waals surface area (Å²) in [6.07, 6.45) is 1.20. The van der Waals surface area contributed by atoms with E-state index in [-0.39, 0.29) is 5.92 Å². The van der Waals surface area contributed by atoms with Crippen molar-refractivity contribution in [1.29, 1.82) is 0 Å². The largest absolute Gasteiger partial charge is 0.388 e. The number of nitrogens with one attached hydrogen (secondary N) is 1. The lowest BCUT2D eigenvalue weighted by Gasteiger charge is -2.27. The van der Waals surface area contributed by atoms with Crippen molar-refractivity contribution in [2.45, 2.75) is 32.8 Å². The van der Waals surface area contributed by atoms with Gasteiger partial charge in [0.25, 0.3) is 0 Å². The van der Waals surface area contributed by atoms with E-state index in [2.05, 4.69) is 5.32 Å². The third-order valence-electron chi connectivity index (χ3n) is 3.15. The minimum Gasteiger partial charge on any atom is -0.388 e. The predicted molar refractivity (Wildman–Crippen MR) is 57.3 cm³/mol. The average Bonchev–Trinajstić information content (AvgIpc) is 2.56. The molecule has 0 spiro atoms. The highest BCUT2D eigenvalue weighted by atomic mass is 16.5. The van der Waals surface area contributed by atoms with Gasteiger partial charge < -0.3 is 15.2 Å². The van der Waals surface area contributed by atoms with Gasteiger partial charge in [0.15, 0.2) is 0 Å². The summed E-state index contributed by atoms with van der Waals surface area (Å²) in [4.78, 5) is 0. The van der Waals surface area contributed by atoms with E-state index < -0.39 is 5.60 Å². The molecule has 14 heavy (non-hydrogen) atoms. The zero-order valence-electron chi connectivity index (χ0n) is 9.55. The predicted octanol–water partition coefficient (Wildman–Crippen LogP) is 1.02. The number of aliphatic hydroxyl groups is 1. The van der Waals surface area contributed by atoms with Crippen molar-refractivity contribution >= 4 is 0 Å². The van der Waals surface area contributed by atoms with E-state index in [1.807, 2.05) is 20.8 Å². The fraction of sp³-hybridized carbons (Fsp3) is 1.00. The number of rotatable bonds is 5. The van der Waals surface area contributed by atoms with Crippen LogP contribution >= 0.6 is 0 Å². The molecule has 0 amide bonds. The van der Waals surface area contributed by atoms with Crippen molar-refractivity contribution < 1.29 is 9.84 Å². The summed E-state index contributed by atoms with van der Waals surface area (Å²) in [6, 6.07) is 0. The Morgan fingerprint density at radius 1 is 1.57 bits per heavy atom. The van der Waals surface area contributed by atoms with Gasteiger partial charge in [-0.3, -0.25) is 0 Å². The number of hydrogen-bond acceptors (Lipinski definition) is 3. The molecule has 2 atom stereocenters. The molecule has 0 aromatic carbocycles. The summed E-state index contributed by atoms with van der Waals surface area (Å²) in [5.41, 5.74) is -0.688. The molecule has 0 saturated carbocycles. The van der Waals surface area contributed by atoms with Crippen molar-refractivity contribution in [1.82, 2.24) is 5.32 Å². The summed E-state index contributed by atoms with van der Waals surface area (Å²) in [5, 5.41) is 13.2. The molecule has 1 rings (SSSR count). The van der Waals surface area contributed by atoms with Crippen LogP contribution in [0.1, 0.15) is 27.2 Å². The maximum Gasteiger partial charge on any atom is 0.0874 e. The Kier molecular flexibility index (Phi) is 4.35. The van der Waals surface area contributed by atoms with Crippen LogP contribution < -0.4 is 5.32 Å². The molecule has 1 aliphatic heterocycles. The van der Waals surface area contributed by atoms with Crippen molar-refractivity contribution in [3.8, 4) is 0 Å². The number of hydrogen-bond donors (Lipinski definition) is 2. The van der Waals surface area contributed by atoms with Crippen molar-refractivity contribution in [2.75, 3.05) is 26.3 Å². The molecule has 0 aromatic rings. The lowest BCUT2D eigenvalue weighted by Crippen LogP contribution is -2.37. The first-order valence-corrected chi connectivity index (χ1v) is 5.53. The van der Waals surface area contributed by atoms with E-state index in [4.69, 9.17) is 4.74 Å². The summed E-state index contributed by atoms with van der Waals surface area (Å²) < 4.78 is 5.55. The van der Waals surface area contributed by atoms with E-state index in [1.54, 1.807) is 0 Å². The van der Waals surface area contributed by atoms with Crippen LogP contribution in [0.2, 0.25) is 0 Å². The van der Waals surface area contributed by atoms with Crippen LogP contribution in [0.5, 0.6) is 0 Å². The molecule has 1 saturated heterocycles. The second-order valence-electron chi connectivity index (χ2n) is 4.89. The molecule has 1 fully saturated rings. The van der Waals surface area contributed by atoms with E-state index in [0.717, 1.165) is 19.7 Å². The van der Waals surface area contributed by atoms with Gasteiger partial charge in [0.05, 0.1) is 18.8 Å². The topological polar surface area (TPSA) is 41.5 Å². The third-order valence-corrected chi connectivity index (χ3v) is 3.15. The van der Waals surface area contributed by atoms with Crippen LogP contribution in [0.25, 0.3) is 0 Å². The highest BCUT2D eigenvalue weighted by Gasteiger charge is 2.25. The van der Waals surface area contributed by atoms with Gasteiger partial charge in [0.2, 0.25) is 0 Å². The molecule has 0 bridgehead atoms. The zero-order valence-corrected chi connectivity index (χ0v) is 9.55. The second kappa shape index (κ2) is 5.10. The first-order chi connectivity index (χ1) is 6.52. The fourth-order valence-corrected chi connectivity index (χ4v) is 1.46. The van der Waals surface area contributed by atoms with Gasteiger partial charge in [-0.1, -0.05) is 13.8 Å². The van der Waals surface area contributed by atoms with Gasteiger partial charge in [-0.05, 0) is 31.7 Å². The molecule has 2 N–H and O–H groups in total. The lowest BCUT2D eigenvalue weighted by molar-refractivity contribution is -0.0684. The minimum absolute atomic E-state index is 0.240. The van der Waals surface area contributed by atoms with Crippen LogP contribution in [-0.2, 0) is 4.74 Å². The standard InChI is InChI=1S/C11H23NO2/c1-9(2)11(3,13)8-14-7-10-4-5-12-6-10/h9-10,12-13H,4-8H2,1-3H3. The van der Waals surface area contributed by atoms with Crippen molar-refractivity contribution in [3.63, 3.8) is 0 Å². The van der Waals surface area contributed by atoms with Crippen LogP contribution in [0.4, 0.5) is 0 Å². The Morgan fingerprint density at radius 3 is 2.79 bits per heavy atom. The molecule has 84 valence electrons. The Labute approximate surface area is 86.8 Å². The van der Waals surface area contributed by atoms with E-state index in [9.17, 15) is 5.11 Å². The Bertz CT molecular complexity index is 163. The molecule has 0 aromatic heterocycles. The highest BCUT2D eigenvalue weighted by molar-refractivity contribution is 4.76. The van der Waals surface area contributed by atoms with Crippen LogP contribution in [0.3, 0.4) is 0 Å². The highest BCUT2D eigenvalue weighted by Crippen LogP contribution is 2.17. The monoisotopic (exact) mass is 201 g/mol. The molecule has 2 unspecified atom stereocenters. The summed E-state index contributed by atoms with van der Waals surface area (Å²) in [7, 11) is 0. The van der Waals surface area contributed by atoms with Crippen LogP contribution in [-0.4, -0.2) is 37.0 Å². The minimum atomic E-state index is -0.688. The molecular formula is C11H23NO2. The zero-order chi connectivity index (χ0) is 10.6. The van der Waals surface area contributed by atoms with Gasteiger partial charge in [0.1, 0.15) is 0 Å². The normalized spacial score (nSPS) is 26.8. The first kappa shape index (κ1) is 12.0. The summed E-state index contributed by atoms with van der Waals surface area (Å²) in [6.45, 7) is 9.25. The Balaban J connectivity index is 2.13. The lowest BCUT2D eigenvalue weighted by atomic mass is 9.94. The van der Waals surface area contributed by atoms with Crippen LogP contribution in [0.15, 0.2) is 0 Å². The maximum absolute atomic E-state index is 9.93.